The monoisotopic (exact) mass is 352 g/mol. The zero-order valence-corrected chi connectivity index (χ0v) is 13.7. The zero-order chi connectivity index (χ0) is 13.6. The van der Waals surface area contributed by atoms with Gasteiger partial charge in [0.15, 0.2) is 0 Å². The number of thiophene rings is 1. The lowest BCUT2D eigenvalue weighted by molar-refractivity contribution is 0.349. The second-order valence-electron chi connectivity index (χ2n) is 5.07. The molecule has 102 valence electrons. The molecule has 2 N–H and O–H groups in total. The molecule has 7 heteroatoms. The fourth-order valence-electron chi connectivity index (χ4n) is 2.18. The normalized spacial score (nSPS) is 25.8. The molecule has 0 spiro atoms. The fraction of sp³-hybridized carbons (Fsp3) is 0.636. The van der Waals surface area contributed by atoms with Gasteiger partial charge in [-0.25, -0.2) is 8.42 Å². The summed E-state index contributed by atoms with van der Waals surface area (Å²) in [7, 11) is -3.37. The number of sulfonamides is 1. The maximum absolute atomic E-state index is 12.5. The molecule has 1 unspecified atom stereocenters. The first-order valence-corrected chi connectivity index (χ1v) is 8.80. The molecule has 18 heavy (non-hydrogen) atoms. The number of aryl methyl sites for hydroxylation is 1. The molecule has 0 aliphatic carbocycles. The third-order valence-electron chi connectivity index (χ3n) is 3.48. The summed E-state index contributed by atoms with van der Waals surface area (Å²) in [6, 6.07) is 1.69. The van der Waals surface area contributed by atoms with Crippen molar-refractivity contribution in [2.75, 3.05) is 19.6 Å². The molecule has 0 amide bonds. The fourth-order valence-corrected chi connectivity index (χ4v) is 6.15. The second kappa shape index (κ2) is 4.86. The van der Waals surface area contributed by atoms with Gasteiger partial charge in [0.05, 0.1) is 8.68 Å². The van der Waals surface area contributed by atoms with E-state index in [1.54, 1.807) is 10.4 Å². The summed E-state index contributed by atoms with van der Waals surface area (Å²) in [5, 5.41) is 0. The van der Waals surface area contributed by atoms with Gasteiger partial charge in [-0.1, -0.05) is 6.92 Å². The van der Waals surface area contributed by atoms with Crippen LogP contribution in [0.15, 0.2) is 14.7 Å². The molecule has 1 fully saturated rings. The lowest BCUT2D eigenvalue weighted by atomic mass is 9.90. The quantitative estimate of drug-likeness (QED) is 0.906. The molecule has 0 bridgehead atoms. The summed E-state index contributed by atoms with van der Waals surface area (Å²) in [6.45, 7) is 5.46. The van der Waals surface area contributed by atoms with Gasteiger partial charge in [-0.2, -0.15) is 4.31 Å². The third kappa shape index (κ3) is 2.51. The molecular formula is C11H17BrN2O2S2. The van der Waals surface area contributed by atoms with Crippen molar-refractivity contribution in [3.05, 3.63) is 14.7 Å². The minimum Gasteiger partial charge on any atom is -0.330 e. The molecule has 1 saturated heterocycles. The van der Waals surface area contributed by atoms with Crippen molar-refractivity contribution in [2.24, 2.45) is 11.1 Å². The van der Waals surface area contributed by atoms with Crippen molar-refractivity contribution in [3.63, 3.8) is 0 Å². The van der Waals surface area contributed by atoms with Crippen LogP contribution in [0.3, 0.4) is 0 Å². The first-order valence-electron chi connectivity index (χ1n) is 5.75. The van der Waals surface area contributed by atoms with E-state index in [4.69, 9.17) is 5.73 Å². The van der Waals surface area contributed by atoms with Crippen LogP contribution in [0.4, 0.5) is 0 Å². The summed E-state index contributed by atoms with van der Waals surface area (Å²) >= 11 is 4.78. The van der Waals surface area contributed by atoms with Crippen LogP contribution in [0.2, 0.25) is 0 Å². The molecule has 1 aliphatic heterocycles. The Kier molecular flexibility index (Phi) is 3.91. The summed E-state index contributed by atoms with van der Waals surface area (Å²) in [5.74, 6) is 0. The number of hydrogen-bond acceptors (Lipinski definition) is 4. The molecule has 2 rings (SSSR count). The van der Waals surface area contributed by atoms with Crippen LogP contribution in [0.1, 0.15) is 18.2 Å². The zero-order valence-electron chi connectivity index (χ0n) is 10.4. The Morgan fingerprint density at radius 2 is 2.28 bits per heavy atom. The average molecular weight is 353 g/mol. The van der Waals surface area contributed by atoms with Crippen LogP contribution in [0.5, 0.6) is 0 Å². The highest BCUT2D eigenvalue weighted by Gasteiger charge is 2.39. The molecule has 0 saturated carbocycles. The van der Waals surface area contributed by atoms with Gasteiger partial charge in [0.1, 0.15) is 0 Å². The Morgan fingerprint density at radius 3 is 2.72 bits per heavy atom. The van der Waals surface area contributed by atoms with Crippen molar-refractivity contribution >= 4 is 37.3 Å². The van der Waals surface area contributed by atoms with Crippen molar-refractivity contribution in [3.8, 4) is 0 Å². The summed E-state index contributed by atoms with van der Waals surface area (Å²) in [4.78, 5) is 1.24. The van der Waals surface area contributed by atoms with Crippen molar-refractivity contribution in [1.29, 1.82) is 0 Å². The van der Waals surface area contributed by atoms with Gasteiger partial charge in [-0.3, -0.25) is 0 Å². The highest BCUT2D eigenvalue weighted by Crippen LogP contribution is 2.36. The van der Waals surface area contributed by atoms with Crippen molar-refractivity contribution in [1.82, 2.24) is 4.31 Å². The van der Waals surface area contributed by atoms with E-state index in [0.29, 0.717) is 24.5 Å². The van der Waals surface area contributed by atoms with Crippen LogP contribution in [-0.4, -0.2) is 32.4 Å². The second-order valence-corrected chi connectivity index (χ2v) is 9.62. The predicted molar refractivity (Wildman–Crippen MR) is 77.3 cm³/mol. The van der Waals surface area contributed by atoms with Gasteiger partial charge in [0.25, 0.3) is 0 Å². The Morgan fingerprint density at radius 1 is 1.61 bits per heavy atom. The molecule has 1 atom stereocenters. The van der Waals surface area contributed by atoms with Gasteiger partial charge in [0.2, 0.25) is 10.0 Å². The minimum absolute atomic E-state index is 0.0891. The molecule has 1 aromatic rings. The topological polar surface area (TPSA) is 63.4 Å². The highest BCUT2D eigenvalue weighted by atomic mass is 79.9. The number of nitrogens with two attached hydrogens (primary N) is 1. The average Bonchev–Trinajstić information content (AvgIpc) is 2.84. The van der Waals surface area contributed by atoms with Crippen LogP contribution < -0.4 is 5.73 Å². The van der Waals surface area contributed by atoms with E-state index >= 15 is 0 Å². The largest absolute Gasteiger partial charge is 0.330 e. The predicted octanol–water partition coefficient (Wildman–Crippen LogP) is 2.18. The first-order chi connectivity index (χ1) is 8.28. The van der Waals surface area contributed by atoms with E-state index in [-0.39, 0.29) is 5.41 Å². The van der Waals surface area contributed by atoms with E-state index < -0.39 is 10.0 Å². The number of halogens is 1. The third-order valence-corrected chi connectivity index (χ3v) is 7.13. The van der Waals surface area contributed by atoms with Crippen LogP contribution >= 0.6 is 27.3 Å². The Hall–Kier alpha value is 0.0500. The molecule has 0 radical (unpaired) electrons. The Balaban J connectivity index is 2.31. The van der Waals surface area contributed by atoms with Gasteiger partial charge in [0, 0.05) is 18.0 Å². The Bertz CT molecular complexity index is 555. The smallest absolute Gasteiger partial charge is 0.244 e. The number of hydrogen-bond donors (Lipinski definition) is 1. The van der Waals surface area contributed by atoms with Crippen LogP contribution in [-0.2, 0) is 10.0 Å². The SMILES string of the molecule is Cc1sc(Br)cc1S(=O)(=O)N1CCC(C)(CN)C1. The van der Waals surface area contributed by atoms with Gasteiger partial charge in [-0.15, -0.1) is 11.3 Å². The minimum atomic E-state index is -3.37. The first kappa shape index (κ1) is 14.5. The standard InChI is InChI=1S/C11H17BrN2O2S2/c1-8-9(5-10(12)17-8)18(15,16)14-4-3-11(2,6-13)7-14/h5H,3-4,6-7,13H2,1-2H3. The van der Waals surface area contributed by atoms with E-state index in [2.05, 4.69) is 15.9 Å². The molecule has 2 heterocycles. The van der Waals surface area contributed by atoms with Crippen molar-refractivity contribution in [2.45, 2.75) is 25.2 Å². The lowest BCUT2D eigenvalue weighted by Crippen LogP contribution is -2.34. The summed E-state index contributed by atoms with van der Waals surface area (Å²) in [6.07, 6.45) is 0.826. The number of rotatable bonds is 3. The number of nitrogens with zero attached hydrogens (tertiary/aromatic N) is 1. The van der Waals surface area contributed by atoms with E-state index in [1.165, 1.54) is 11.3 Å². The van der Waals surface area contributed by atoms with E-state index in [9.17, 15) is 8.42 Å². The maximum atomic E-state index is 12.5. The molecular weight excluding hydrogens is 336 g/mol. The lowest BCUT2D eigenvalue weighted by Gasteiger charge is -2.22. The Labute approximate surface area is 120 Å². The molecule has 1 aliphatic rings. The van der Waals surface area contributed by atoms with E-state index in [1.807, 2.05) is 13.8 Å². The van der Waals surface area contributed by atoms with Gasteiger partial charge in [-0.05, 0) is 47.3 Å². The van der Waals surface area contributed by atoms with Gasteiger partial charge < -0.3 is 5.73 Å². The van der Waals surface area contributed by atoms with Crippen LogP contribution in [0.25, 0.3) is 0 Å². The highest BCUT2D eigenvalue weighted by molar-refractivity contribution is 9.11. The summed E-state index contributed by atoms with van der Waals surface area (Å²) < 4.78 is 27.5. The van der Waals surface area contributed by atoms with Crippen molar-refractivity contribution < 1.29 is 8.42 Å². The molecule has 0 aromatic carbocycles. The van der Waals surface area contributed by atoms with E-state index in [0.717, 1.165) is 15.1 Å². The van der Waals surface area contributed by atoms with Gasteiger partial charge >= 0.3 is 0 Å². The molecule has 1 aromatic heterocycles. The molecule has 4 nitrogen and oxygen atoms in total. The maximum Gasteiger partial charge on any atom is 0.244 e. The van der Waals surface area contributed by atoms with Crippen LogP contribution in [0, 0.1) is 12.3 Å². The summed E-state index contributed by atoms with van der Waals surface area (Å²) in [5.41, 5.74) is 5.63.